The van der Waals surface area contributed by atoms with Crippen LogP contribution in [0.15, 0.2) is 29.3 Å². The Morgan fingerprint density at radius 2 is 1.68 bits per heavy atom. The molecule has 0 saturated carbocycles. The summed E-state index contributed by atoms with van der Waals surface area (Å²) >= 11 is 0. The second-order valence-electron chi connectivity index (χ2n) is 6.59. The number of aliphatic imine (C=N–C) groups is 1. The average molecular weight is 390 g/mol. The van der Waals surface area contributed by atoms with Crippen molar-refractivity contribution in [3.8, 4) is 0 Å². The Hall–Kier alpha value is -2.57. The number of benzene rings is 1. The van der Waals surface area contributed by atoms with Crippen LogP contribution in [-0.4, -0.2) is 60.8 Å². The molecule has 2 N–H and O–H groups in total. The molecule has 0 bridgehead atoms. The molecule has 7 heteroatoms. The summed E-state index contributed by atoms with van der Waals surface area (Å²) in [6.45, 7) is 10.9. The predicted molar refractivity (Wildman–Crippen MR) is 115 cm³/mol. The molecule has 1 rings (SSSR count). The van der Waals surface area contributed by atoms with Crippen molar-refractivity contribution in [2.45, 2.75) is 47.1 Å². The van der Waals surface area contributed by atoms with E-state index in [0.29, 0.717) is 32.0 Å². The van der Waals surface area contributed by atoms with E-state index < -0.39 is 0 Å². The molecule has 0 unspecified atom stereocenters. The van der Waals surface area contributed by atoms with Crippen LogP contribution in [0.4, 0.5) is 5.69 Å². The standard InChI is InChI=1S/C21H35N5O2/c1-6-10-19(27)24-18-13-11-17(12-14-18)15-23-21(22-7-2)25(5)16-20(28)26(8-3)9-4/h11-14H,6-10,15-16H2,1-5H3,(H,22,23)(H,24,27). The highest BCUT2D eigenvalue weighted by Crippen LogP contribution is 2.11. The fourth-order valence-corrected chi connectivity index (χ4v) is 2.73. The fourth-order valence-electron chi connectivity index (χ4n) is 2.73. The van der Waals surface area contributed by atoms with Crippen molar-refractivity contribution in [3.05, 3.63) is 29.8 Å². The van der Waals surface area contributed by atoms with Crippen molar-refractivity contribution in [3.63, 3.8) is 0 Å². The number of nitrogens with zero attached hydrogens (tertiary/aromatic N) is 3. The smallest absolute Gasteiger partial charge is 0.242 e. The quantitative estimate of drug-likeness (QED) is 0.476. The van der Waals surface area contributed by atoms with E-state index in [1.807, 2.05) is 68.8 Å². The van der Waals surface area contributed by atoms with Gasteiger partial charge in [0, 0.05) is 38.8 Å². The second-order valence-corrected chi connectivity index (χ2v) is 6.59. The van der Waals surface area contributed by atoms with E-state index >= 15 is 0 Å². The molecular weight excluding hydrogens is 354 g/mol. The fraction of sp³-hybridized carbons (Fsp3) is 0.571. The van der Waals surface area contributed by atoms with Gasteiger partial charge in [-0.25, -0.2) is 4.99 Å². The Labute approximate surface area is 169 Å². The molecule has 28 heavy (non-hydrogen) atoms. The summed E-state index contributed by atoms with van der Waals surface area (Å²) < 4.78 is 0. The first-order valence-electron chi connectivity index (χ1n) is 10.1. The summed E-state index contributed by atoms with van der Waals surface area (Å²) in [4.78, 5) is 32.3. The Morgan fingerprint density at radius 3 is 2.21 bits per heavy atom. The number of hydrogen-bond donors (Lipinski definition) is 2. The molecule has 0 atom stereocenters. The van der Waals surface area contributed by atoms with Crippen LogP contribution in [0.2, 0.25) is 0 Å². The number of carbonyl (C=O) groups is 2. The van der Waals surface area contributed by atoms with Gasteiger partial charge in [-0.2, -0.15) is 0 Å². The number of nitrogens with one attached hydrogen (secondary N) is 2. The first kappa shape index (κ1) is 23.5. The van der Waals surface area contributed by atoms with E-state index in [0.717, 1.165) is 24.2 Å². The van der Waals surface area contributed by atoms with Crippen molar-refractivity contribution in [1.82, 2.24) is 15.1 Å². The van der Waals surface area contributed by atoms with Gasteiger partial charge in [0.2, 0.25) is 11.8 Å². The largest absolute Gasteiger partial charge is 0.357 e. The molecule has 0 aliphatic carbocycles. The Bertz CT molecular complexity index is 639. The van der Waals surface area contributed by atoms with Crippen LogP contribution in [0.3, 0.4) is 0 Å². The lowest BCUT2D eigenvalue weighted by Crippen LogP contribution is -2.45. The lowest BCUT2D eigenvalue weighted by atomic mass is 10.2. The minimum absolute atomic E-state index is 0.0298. The third-order valence-corrected chi connectivity index (χ3v) is 4.31. The van der Waals surface area contributed by atoms with Crippen LogP contribution < -0.4 is 10.6 Å². The molecule has 0 aliphatic rings. The Kier molecular flexibility index (Phi) is 10.7. The van der Waals surface area contributed by atoms with E-state index in [9.17, 15) is 9.59 Å². The number of rotatable bonds is 10. The van der Waals surface area contributed by atoms with Gasteiger partial charge in [0.25, 0.3) is 0 Å². The highest BCUT2D eigenvalue weighted by Gasteiger charge is 2.14. The van der Waals surface area contributed by atoms with Crippen molar-refractivity contribution in [2.24, 2.45) is 4.99 Å². The number of amides is 2. The summed E-state index contributed by atoms with van der Waals surface area (Å²) in [7, 11) is 1.87. The maximum absolute atomic E-state index is 12.3. The molecule has 7 nitrogen and oxygen atoms in total. The van der Waals surface area contributed by atoms with Crippen LogP contribution in [0, 0.1) is 0 Å². The zero-order valence-electron chi connectivity index (χ0n) is 17.9. The molecule has 0 aliphatic heterocycles. The minimum Gasteiger partial charge on any atom is -0.357 e. The molecule has 0 aromatic heterocycles. The molecule has 0 spiro atoms. The van der Waals surface area contributed by atoms with Gasteiger partial charge in [-0.05, 0) is 44.9 Å². The lowest BCUT2D eigenvalue weighted by Gasteiger charge is -2.25. The van der Waals surface area contributed by atoms with Crippen molar-refractivity contribution < 1.29 is 9.59 Å². The average Bonchev–Trinajstić information content (AvgIpc) is 2.67. The van der Waals surface area contributed by atoms with Gasteiger partial charge in [-0.1, -0.05) is 19.1 Å². The molecule has 2 amide bonds. The number of likely N-dealkylation sites (N-methyl/N-ethyl adjacent to an activating group) is 2. The maximum Gasteiger partial charge on any atom is 0.242 e. The van der Waals surface area contributed by atoms with Gasteiger partial charge in [0.05, 0.1) is 13.1 Å². The molecule has 1 aromatic carbocycles. The molecule has 0 heterocycles. The summed E-state index contributed by atoms with van der Waals surface area (Å²) in [5.74, 6) is 0.816. The van der Waals surface area contributed by atoms with E-state index in [1.54, 1.807) is 0 Å². The molecule has 1 aromatic rings. The molecular formula is C21H35N5O2. The van der Waals surface area contributed by atoms with Crippen LogP contribution in [0.25, 0.3) is 0 Å². The molecule has 0 radical (unpaired) electrons. The van der Waals surface area contributed by atoms with Gasteiger partial charge < -0.3 is 20.4 Å². The van der Waals surface area contributed by atoms with Gasteiger partial charge >= 0.3 is 0 Å². The predicted octanol–water partition coefficient (Wildman–Crippen LogP) is 2.69. The van der Waals surface area contributed by atoms with E-state index in [-0.39, 0.29) is 18.4 Å². The summed E-state index contributed by atoms with van der Waals surface area (Å²) in [6, 6.07) is 7.68. The normalized spacial score (nSPS) is 11.1. The number of anilines is 1. The second kappa shape index (κ2) is 12.8. The summed E-state index contributed by atoms with van der Waals surface area (Å²) in [5, 5.41) is 6.11. The van der Waals surface area contributed by atoms with Crippen LogP contribution in [0.1, 0.15) is 46.1 Å². The van der Waals surface area contributed by atoms with Crippen LogP contribution >= 0.6 is 0 Å². The zero-order valence-corrected chi connectivity index (χ0v) is 17.9. The third kappa shape index (κ3) is 7.98. The summed E-state index contributed by atoms with van der Waals surface area (Å²) in [5.41, 5.74) is 1.83. The van der Waals surface area contributed by atoms with Crippen molar-refractivity contribution >= 4 is 23.5 Å². The Balaban J connectivity index is 2.73. The van der Waals surface area contributed by atoms with Crippen LogP contribution in [-0.2, 0) is 16.1 Å². The Morgan fingerprint density at radius 1 is 1.04 bits per heavy atom. The molecule has 156 valence electrons. The van der Waals surface area contributed by atoms with E-state index in [2.05, 4.69) is 15.6 Å². The number of carbonyl (C=O) groups excluding carboxylic acids is 2. The van der Waals surface area contributed by atoms with Crippen molar-refractivity contribution in [1.29, 1.82) is 0 Å². The first-order valence-corrected chi connectivity index (χ1v) is 10.1. The van der Waals surface area contributed by atoms with E-state index in [4.69, 9.17) is 0 Å². The number of hydrogen-bond acceptors (Lipinski definition) is 3. The minimum atomic E-state index is 0.0298. The third-order valence-electron chi connectivity index (χ3n) is 4.31. The van der Waals surface area contributed by atoms with Gasteiger partial charge in [-0.3, -0.25) is 9.59 Å². The first-order chi connectivity index (χ1) is 13.4. The van der Waals surface area contributed by atoms with Crippen LogP contribution in [0.5, 0.6) is 0 Å². The maximum atomic E-state index is 12.3. The topological polar surface area (TPSA) is 77.0 Å². The number of guanidine groups is 1. The van der Waals surface area contributed by atoms with E-state index in [1.165, 1.54) is 0 Å². The lowest BCUT2D eigenvalue weighted by molar-refractivity contribution is -0.131. The van der Waals surface area contributed by atoms with Gasteiger partial charge in [0.1, 0.15) is 0 Å². The van der Waals surface area contributed by atoms with Crippen molar-refractivity contribution in [2.75, 3.05) is 38.5 Å². The highest BCUT2D eigenvalue weighted by atomic mass is 16.2. The summed E-state index contributed by atoms with van der Waals surface area (Å²) in [6.07, 6.45) is 1.35. The molecule has 0 saturated heterocycles. The molecule has 0 fully saturated rings. The van der Waals surface area contributed by atoms with Gasteiger partial charge in [-0.15, -0.1) is 0 Å². The monoisotopic (exact) mass is 389 g/mol. The highest BCUT2D eigenvalue weighted by molar-refractivity contribution is 5.90. The van der Waals surface area contributed by atoms with Gasteiger partial charge in [0.15, 0.2) is 5.96 Å². The SMILES string of the molecule is CCCC(=O)Nc1ccc(CN=C(NCC)N(C)CC(=O)N(CC)CC)cc1. The zero-order chi connectivity index (χ0) is 20.9.